The minimum Gasteiger partial charge on any atom is -0.293 e. The molecule has 0 fully saturated rings. The topological polar surface area (TPSA) is 17.1 Å². The van der Waals surface area contributed by atoms with Gasteiger partial charge in [0.15, 0.2) is 5.78 Å². The summed E-state index contributed by atoms with van der Waals surface area (Å²) in [6.45, 7) is 0. The van der Waals surface area contributed by atoms with Crippen molar-refractivity contribution in [2.75, 3.05) is 5.88 Å². The second-order valence-corrected chi connectivity index (χ2v) is 4.65. The second-order valence-electron chi connectivity index (χ2n) is 2.87. The molecule has 7 heteroatoms. The van der Waals surface area contributed by atoms with Crippen molar-refractivity contribution in [3.63, 3.8) is 0 Å². The lowest BCUT2D eigenvalue weighted by atomic mass is 10.1. The first kappa shape index (κ1) is 14.1. The van der Waals surface area contributed by atoms with E-state index in [1.165, 1.54) is 28.7 Å². The summed E-state index contributed by atoms with van der Waals surface area (Å²) in [4.78, 5) is 11.3. The zero-order chi connectivity index (χ0) is 12.5. The van der Waals surface area contributed by atoms with E-state index in [9.17, 15) is 18.0 Å². The van der Waals surface area contributed by atoms with Crippen LogP contribution >= 0.6 is 45.8 Å². The Balaban J connectivity index is 3.44. The number of carbonyl (C=O) groups excluding carboxylic acids is 1. The molecule has 0 saturated carbocycles. The largest absolute Gasteiger partial charge is 0.417 e. The summed E-state index contributed by atoms with van der Waals surface area (Å²) < 4.78 is 37.5. The molecule has 16 heavy (non-hydrogen) atoms. The van der Waals surface area contributed by atoms with Crippen LogP contribution in [-0.4, -0.2) is 11.7 Å². The number of ketones is 1. The SMILES string of the molecule is O=C(CCl)c1cc(Cl)cc(C(F)(F)F)c1I. The van der Waals surface area contributed by atoms with Gasteiger partial charge in [0.1, 0.15) is 0 Å². The Bertz CT molecular complexity index is 431. The smallest absolute Gasteiger partial charge is 0.293 e. The van der Waals surface area contributed by atoms with E-state index in [1.54, 1.807) is 0 Å². The second kappa shape index (κ2) is 5.10. The maximum Gasteiger partial charge on any atom is 0.417 e. The highest BCUT2D eigenvalue weighted by Gasteiger charge is 2.35. The van der Waals surface area contributed by atoms with Crippen LogP contribution in [0, 0.1) is 3.57 Å². The molecule has 0 saturated heterocycles. The molecule has 0 bridgehead atoms. The van der Waals surface area contributed by atoms with E-state index in [0.717, 1.165) is 6.07 Å². The van der Waals surface area contributed by atoms with Crippen LogP contribution in [0.25, 0.3) is 0 Å². The Kier molecular flexibility index (Phi) is 4.48. The quantitative estimate of drug-likeness (QED) is 0.421. The molecule has 0 spiro atoms. The van der Waals surface area contributed by atoms with Crippen LogP contribution in [-0.2, 0) is 6.18 Å². The molecule has 1 nitrogen and oxygen atoms in total. The highest BCUT2D eigenvalue weighted by molar-refractivity contribution is 14.1. The van der Waals surface area contributed by atoms with Crippen LogP contribution in [0.15, 0.2) is 12.1 Å². The molecule has 0 aliphatic rings. The van der Waals surface area contributed by atoms with Crippen molar-refractivity contribution in [3.05, 3.63) is 31.9 Å². The fraction of sp³-hybridized carbons (Fsp3) is 0.222. The van der Waals surface area contributed by atoms with Gasteiger partial charge < -0.3 is 0 Å². The molecule has 1 aromatic rings. The van der Waals surface area contributed by atoms with Crippen LogP contribution in [0.3, 0.4) is 0 Å². The van der Waals surface area contributed by atoms with Gasteiger partial charge in [-0.05, 0) is 34.7 Å². The molecule has 0 unspecified atom stereocenters. The Labute approximate surface area is 113 Å². The Hall–Kier alpha value is -0.0100. The van der Waals surface area contributed by atoms with Gasteiger partial charge in [0.05, 0.1) is 11.4 Å². The molecule has 88 valence electrons. The zero-order valence-corrected chi connectivity index (χ0v) is 11.2. The number of hydrogen-bond donors (Lipinski definition) is 0. The van der Waals surface area contributed by atoms with Crippen molar-refractivity contribution in [3.8, 4) is 0 Å². The maximum atomic E-state index is 12.6. The molecule has 0 aromatic heterocycles. The maximum absolute atomic E-state index is 12.6. The standard InChI is InChI=1S/C9H4Cl2F3IO/c10-3-7(16)5-1-4(11)2-6(8(5)15)9(12,13)14/h1-2H,3H2. The molecule has 0 heterocycles. The minimum atomic E-state index is -4.54. The van der Waals surface area contributed by atoms with Gasteiger partial charge in [-0.15, -0.1) is 11.6 Å². The Morgan fingerprint density at radius 1 is 1.38 bits per heavy atom. The fourth-order valence-electron chi connectivity index (χ4n) is 1.07. The van der Waals surface area contributed by atoms with Crippen LogP contribution in [0.5, 0.6) is 0 Å². The summed E-state index contributed by atoms with van der Waals surface area (Å²) in [7, 11) is 0. The normalized spacial score (nSPS) is 11.6. The first-order valence-electron chi connectivity index (χ1n) is 3.92. The summed E-state index contributed by atoms with van der Waals surface area (Å²) in [5, 5.41) is -0.138. The molecule has 1 aromatic carbocycles. The van der Waals surface area contributed by atoms with Crippen molar-refractivity contribution in [1.29, 1.82) is 0 Å². The van der Waals surface area contributed by atoms with E-state index in [1.807, 2.05) is 0 Å². The molecular weight excluding hydrogens is 379 g/mol. The van der Waals surface area contributed by atoms with Crippen LogP contribution < -0.4 is 0 Å². The van der Waals surface area contributed by atoms with Crippen molar-refractivity contribution < 1.29 is 18.0 Å². The predicted octanol–water partition coefficient (Wildman–Crippen LogP) is 4.38. The van der Waals surface area contributed by atoms with E-state index in [-0.39, 0.29) is 20.0 Å². The van der Waals surface area contributed by atoms with Gasteiger partial charge in [-0.25, -0.2) is 0 Å². The zero-order valence-electron chi connectivity index (χ0n) is 7.54. The number of hydrogen-bond acceptors (Lipinski definition) is 1. The summed E-state index contributed by atoms with van der Waals surface area (Å²) >= 11 is 12.3. The van der Waals surface area contributed by atoms with Gasteiger partial charge in [-0.2, -0.15) is 13.2 Å². The molecular formula is C9H4Cl2F3IO. The van der Waals surface area contributed by atoms with Crippen molar-refractivity contribution >= 4 is 51.6 Å². The molecule has 0 atom stereocenters. The number of Topliss-reactive ketones (excluding diaryl/α,β-unsaturated/α-hetero) is 1. The van der Waals surface area contributed by atoms with Gasteiger partial charge in [-0.3, -0.25) is 4.79 Å². The predicted molar refractivity (Wildman–Crippen MR) is 64.2 cm³/mol. The number of alkyl halides is 4. The lowest BCUT2D eigenvalue weighted by Gasteiger charge is -2.12. The molecule has 0 amide bonds. The monoisotopic (exact) mass is 382 g/mol. The first-order valence-corrected chi connectivity index (χ1v) is 5.92. The van der Waals surface area contributed by atoms with Gasteiger partial charge in [-0.1, -0.05) is 11.6 Å². The first-order chi connectivity index (χ1) is 7.27. The van der Waals surface area contributed by atoms with Gasteiger partial charge in [0.25, 0.3) is 0 Å². The van der Waals surface area contributed by atoms with Gasteiger partial charge in [0.2, 0.25) is 0 Å². The molecule has 0 aliphatic heterocycles. The highest BCUT2D eigenvalue weighted by Crippen LogP contribution is 2.36. The number of rotatable bonds is 2. The third-order valence-electron chi connectivity index (χ3n) is 1.76. The van der Waals surface area contributed by atoms with Crippen LogP contribution in [0.4, 0.5) is 13.2 Å². The lowest BCUT2D eigenvalue weighted by molar-refractivity contribution is -0.138. The summed E-state index contributed by atoms with van der Waals surface area (Å²) in [6, 6.07) is 1.97. The number of halogens is 6. The van der Waals surface area contributed by atoms with Crippen LogP contribution in [0.1, 0.15) is 15.9 Å². The number of carbonyl (C=O) groups is 1. The van der Waals surface area contributed by atoms with Crippen LogP contribution in [0.2, 0.25) is 5.02 Å². The van der Waals surface area contributed by atoms with Crippen molar-refractivity contribution in [1.82, 2.24) is 0 Å². The average molecular weight is 383 g/mol. The summed E-state index contributed by atoms with van der Waals surface area (Å²) in [5.41, 5.74) is -1.02. The van der Waals surface area contributed by atoms with Gasteiger partial charge >= 0.3 is 6.18 Å². The third-order valence-corrected chi connectivity index (χ3v) is 3.39. The molecule has 0 N–H and O–H groups in total. The third kappa shape index (κ3) is 3.01. The van der Waals surface area contributed by atoms with E-state index in [4.69, 9.17) is 23.2 Å². The Morgan fingerprint density at radius 3 is 2.38 bits per heavy atom. The van der Waals surface area contributed by atoms with Gasteiger partial charge in [0, 0.05) is 14.2 Å². The van der Waals surface area contributed by atoms with E-state index < -0.39 is 17.5 Å². The fourth-order valence-corrected chi connectivity index (χ4v) is 2.35. The highest BCUT2D eigenvalue weighted by atomic mass is 127. The summed E-state index contributed by atoms with van der Waals surface area (Å²) in [5.74, 6) is -0.966. The molecule has 1 rings (SSSR count). The van der Waals surface area contributed by atoms with Crippen molar-refractivity contribution in [2.24, 2.45) is 0 Å². The molecule has 0 radical (unpaired) electrons. The van der Waals surface area contributed by atoms with E-state index in [0.29, 0.717) is 0 Å². The number of benzene rings is 1. The van der Waals surface area contributed by atoms with E-state index in [2.05, 4.69) is 0 Å². The lowest BCUT2D eigenvalue weighted by Crippen LogP contribution is -2.12. The summed E-state index contributed by atoms with van der Waals surface area (Å²) in [6.07, 6.45) is -4.54. The van der Waals surface area contributed by atoms with E-state index >= 15 is 0 Å². The minimum absolute atomic E-state index is 0.101. The molecule has 0 aliphatic carbocycles. The average Bonchev–Trinajstić information content (AvgIpc) is 2.18. The Morgan fingerprint density at radius 2 is 1.94 bits per heavy atom. The van der Waals surface area contributed by atoms with Crippen molar-refractivity contribution in [2.45, 2.75) is 6.18 Å².